The van der Waals surface area contributed by atoms with Gasteiger partial charge in [0.1, 0.15) is 5.60 Å². The molecule has 2 fully saturated rings. The third-order valence-electron chi connectivity index (χ3n) is 3.35. The summed E-state index contributed by atoms with van der Waals surface area (Å²) in [5.74, 6) is 0.751. The molecule has 2 aliphatic rings. The van der Waals surface area contributed by atoms with E-state index in [1.165, 1.54) is 19.3 Å². The van der Waals surface area contributed by atoms with Crippen LogP contribution in [0.5, 0.6) is 0 Å². The molecule has 1 aliphatic heterocycles. The highest BCUT2D eigenvalue weighted by atomic mass is 16.6. The molecule has 1 saturated carbocycles. The first-order valence-corrected chi connectivity index (χ1v) is 5.21. The third-order valence-corrected chi connectivity index (χ3v) is 3.35. The van der Waals surface area contributed by atoms with Crippen molar-refractivity contribution >= 4 is 6.09 Å². The van der Waals surface area contributed by atoms with Crippen LogP contribution in [0.25, 0.3) is 0 Å². The Hall–Kier alpha value is -0.730. The molecule has 3 nitrogen and oxygen atoms in total. The van der Waals surface area contributed by atoms with E-state index in [0.29, 0.717) is 0 Å². The average molecular weight is 183 g/mol. The zero-order valence-electron chi connectivity index (χ0n) is 8.14. The Kier molecular flexibility index (Phi) is 2.18. The van der Waals surface area contributed by atoms with Crippen LogP contribution in [0.2, 0.25) is 0 Å². The minimum Gasteiger partial charge on any atom is -0.441 e. The number of hydrogen-bond acceptors (Lipinski definition) is 2. The van der Waals surface area contributed by atoms with Gasteiger partial charge in [-0.25, -0.2) is 4.79 Å². The summed E-state index contributed by atoms with van der Waals surface area (Å²) >= 11 is 0. The zero-order valence-corrected chi connectivity index (χ0v) is 8.14. The van der Waals surface area contributed by atoms with E-state index in [2.05, 4.69) is 12.2 Å². The molecule has 13 heavy (non-hydrogen) atoms. The highest BCUT2D eigenvalue weighted by Crippen LogP contribution is 2.38. The van der Waals surface area contributed by atoms with Crippen LogP contribution in [0.15, 0.2) is 0 Å². The molecule has 0 aromatic carbocycles. The van der Waals surface area contributed by atoms with Gasteiger partial charge < -0.3 is 10.1 Å². The Morgan fingerprint density at radius 2 is 2.54 bits per heavy atom. The lowest BCUT2D eigenvalue weighted by molar-refractivity contribution is 0.00651. The SMILES string of the molecule is CC[C@@H]1CCC[C@]2(CNC(=O)O2)C1. The molecule has 1 heterocycles. The Bertz CT molecular complexity index is 217. The maximum absolute atomic E-state index is 11.0. The molecular weight excluding hydrogens is 166 g/mol. The number of amides is 1. The van der Waals surface area contributed by atoms with Gasteiger partial charge in [-0.1, -0.05) is 19.8 Å². The lowest BCUT2D eigenvalue weighted by Crippen LogP contribution is -2.38. The first-order valence-electron chi connectivity index (χ1n) is 5.21. The molecule has 1 spiro atoms. The lowest BCUT2D eigenvalue weighted by atomic mass is 9.77. The molecular formula is C10H17NO2. The quantitative estimate of drug-likeness (QED) is 0.675. The maximum Gasteiger partial charge on any atom is 0.407 e. The second kappa shape index (κ2) is 3.20. The van der Waals surface area contributed by atoms with Crippen molar-refractivity contribution in [3.8, 4) is 0 Å². The van der Waals surface area contributed by atoms with Gasteiger partial charge >= 0.3 is 6.09 Å². The Morgan fingerprint density at radius 3 is 3.15 bits per heavy atom. The molecule has 0 bridgehead atoms. The predicted octanol–water partition coefficient (Wildman–Crippen LogP) is 2.07. The van der Waals surface area contributed by atoms with Gasteiger partial charge in [-0.05, 0) is 25.2 Å². The van der Waals surface area contributed by atoms with Crippen molar-refractivity contribution in [1.82, 2.24) is 5.32 Å². The molecule has 1 N–H and O–H groups in total. The van der Waals surface area contributed by atoms with Crippen molar-refractivity contribution < 1.29 is 9.53 Å². The molecule has 2 atom stereocenters. The second-order valence-corrected chi connectivity index (χ2v) is 4.30. The van der Waals surface area contributed by atoms with E-state index in [4.69, 9.17) is 4.74 Å². The number of rotatable bonds is 1. The van der Waals surface area contributed by atoms with Gasteiger partial charge in [-0.15, -0.1) is 0 Å². The fourth-order valence-corrected chi connectivity index (χ4v) is 2.55. The Balaban J connectivity index is 2.02. The van der Waals surface area contributed by atoms with Gasteiger partial charge in [0.25, 0.3) is 0 Å². The summed E-state index contributed by atoms with van der Waals surface area (Å²) in [7, 11) is 0. The zero-order chi connectivity index (χ0) is 9.31. The van der Waals surface area contributed by atoms with Crippen molar-refractivity contribution in [2.45, 2.75) is 44.6 Å². The van der Waals surface area contributed by atoms with Crippen LogP contribution in [-0.2, 0) is 4.74 Å². The molecule has 3 heteroatoms. The van der Waals surface area contributed by atoms with Crippen molar-refractivity contribution in [3.63, 3.8) is 0 Å². The van der Waals surface area contributed by atoms with E-state index in [1.807, 2.05) is 0 Å². The number of alkyl carbamates (subject to hydrolysis) is 1. The summed E-state index contributed by atoms with van der Waals surface area (Å²) in [5.41, 5.74) is -0.143. The summed E-state index contributed by atoms with van der Waals surface area (Å²) < 4.78 is 5.37. The van der Waals surface area contributed by atoms with Crippen LogP contribution in [0.4, 0.5) is 4.79 Å². The van der Waals surface area contributed by atoms with Gasteiger partial charge in [0, 0.05) is 0 Å². The van der Waals surface area contributed by atoms with Crippen molar-refractivity contribution in [1.29, 1.82) is 0 Å². The number of carbonyl (C=O) groups excluding carboxylic acids is 1. The lowest BCUT2D eigenvalue weighted by Gasteiger charge is -2.35. The minimum absolute atomic E-state index is 0.143. The van der Waals surface area contributed by atoms with Gasteiger partial charge in [0.2, 0.25) is 0 Å². The van der Waals surface area contributed by atoms with Gasteiger partial charge in [-0.3, -0.25) is 0 Å². The average Bonchev–Trinajstić information content (AvgIpc) is 2.47. The summed E-state index contributed by atoms with van der Waals surface area (Å²) in [5, 5.41) is 2.76. The van der Waals surface area contributed by atoms with E-state index in [-0.39, 0.29) is 11.7 Å². The normalized spacial score (nSPS) is 38.8. The van der Waals surface area contributed by atoms with Crippen LogP contribution in [-0.4, -0.2) is 18.2 Å². The topological polar surface area (TPSA) is 38.3 Å². The summed E-state index contributed by atoms with van der Waals surface area (Å²) in [6, 6.07) is 0. The molecule has 0 unspecified atom stereocenters. The standard InChI is InChI=1S/C10H17NO2/c1-2-8-4-3-5-10(6-8)7-11-9(12)13-10/h8H,2-7H2,1H3,(H,11,12)/t8-,10-/m1/s1. The second-order valence-electron chi connectivity index (χ2n) is 4.30. The largest absolute Gasteiger partial charge is 0.441 e. The van der Waals surface area contributed by atoms with E-state index in [0.717, 1.165) is 25.3 Å². The minimum atomic E-state index is -0.225. The fraction of sp³-hybridized carbons (Fsp3) is 0.900. The predicted molar refractivity (Wildman–Crippen MR) is 49.5 cm³/mol. The van der Waals surface area contributed by atoms with Crippen LogP contribution in [0.3, 0.4) is 0 Å². The number of nitrogens with one attached hydrogen (secondary N) is 1. The number of hydrogen-bond donors (Lipinski definition) is 1. The molecule has 0 aromatic heterocycles. The van der Waals surface area contributed by atoms with Crippen molar-refractivity contribution in [2.75, 3.05) is 6.54 Å². The molecule has 1 saturated heterocycles. The molecule has 0 radical (unpaired) electrons. The number of carbonyl (C=O) groups is 1. The first-order chi connectivity index (χ1) is 6.24. The van der Waals surface area contributed by atoms with Crippen molar-refractivity contribution in [2.24, 2.45) is 5.92 Å². The molecule has 2 rings (SSSR count). The first kappa shape index (κ1) is 8.85. The molecule has 74 valence electrons. The third kappa shape index (κ3) is 1.64. The highest BCUT2D eigenvalue weighted by Gasteiger charge is 2.43. The fourth-order valence-electron chi connectivity index (χ4n) is 2.55. The van der Waals surface area contributed by atoms with Crippen LogP contribution >= 0.6 is 0 Å². The highest BCUT2D eigenvalue weighted by molar-refractivity contribution is 5.70. The summed E-state index contributed by atoms with van der Waals surface area (Å²) in [6.45, 7) is 2.94. The van der Waals surface area contributed by atoms with Crippen molar-refractivity contribution in [3.05, 3.63) is 0 Å². The molecule has 1 amide bonds. The molecule has 0 aromatic rings. The van der Waals surface area contributed by atoms with Crippen LogP contribution < -0.4 is 5.32 Å². The van der Waals surface area contributed by atoms with E-state index in [9.17, 15) is 4.79 Å². The van der Waals surface area contributed by atoms with Gasteiger partial charge in [0.05, 0.1) is 6.54 Å². The Morgan fingerprint density at radius 1 is 1.69 bits per heavy atom. The van der Waals surface area contributed by atoms with Gasteiger partial charge in [-0.2, -0.15) is 0 Å². The maximum atomic E-state index is 11.0. The van der Waals surface area contributed by atoms with Gasteiger partial charge in [0.15, 0.2) is 0 Å². The van der Waals surface area contributed by atoms with Crippen LogP contribution in [0, 0.1) is 5.92 Å². The molecule has 1 aliphatic carbocycles. The summed E-state index contributed by atoms with van der Waals surface area (Å²) in [6.07, 6.45) is 5.59. The summed E-state index contributed by atoms with van der Waals surface area (Å²) in [4.78, 5) is 11.0. The van der Waals surface area contributed by atoms with E-state index < -0.39 is 0 Å². The number of ether oxygens (including phenoxy) is 1. The Labute approximate surface area is 78.8 Å². The van der Waals surface area contributed by atoms with E-state index in [1.54, 1.807) is 0 Å². The van der Waals surface area contributed by atoms with E-state index >= 15 is 0 Å². The monoisotopic (exact) mass is 183 g/mol. The van der Waals surface area contributed by atoms with Crippen LogP contribution in [0.1, 0.15) is 39.0 Å². The smallest absolute Gasteiger partial charge is 0.407 e.